The summed E-state index contributed by atoms with van der Waals surface area (Å²) >= 11 is 0. The zero-order valence-corrected chi connectivity index (χ0v) is 14.7. The lowest BCUT2D eigenvalue weighted by Crippen LogP contribution is -2.12. The third kappa shape index (κ3) is 2.35. The minimum atomic E-state index is -0.637. The van der Waals surface area contributed by atoms with Gasteiger partial charge in [-0.15, -0.1) is 0 Å². The van der Waals surface area contributed by atoms with Crippen LogP contribution in [0, 0.1) is 18.8 Å². The number of aromatic nitrogens is 3. The number of hydrogen-bond acceptors (Lipinski definition) is 4. The molecule has 1 saturated carbocycles. The van der Waals surface area contributed by atoms with Crippen LogP contribution in [-0.4, -0.2) is 26.2 Å². The molecule has 26 heavy (non-hydrogen) atoms. The summed E-state index contributed by atoms with van der Waals surface area (Å²) in [6.07, 6.45) is 4.79. The first-order valence-electron chi connectivity index (χ1n) is 9.28. The van der Waals surface area contributed by atoms with Gasteiger partial charge in [0, 0.05) is 35.0 Å². The lowest BCUT2D eigenvalue weighted by atomic mass is 9.88. The Morgan fingerprint density at radius 2 is 2.19 bits per heavy atom. The smallest absolute Gasteiger partial charge is 0.306 e. The van der Waals surface area contributed by atoms with Gasteiger partial charge in [0.1, 0.15) is 0 Å². The summed E-state index contributed by atoms with van der Waals surface area (Å²) in [5.41, 5.74) is 4.80. The van der Waals surface area contributed by atoms with E-state index in [0.717, 1.165) is 43.2 Å². The minimum Gasteiger partial charge on any atom is -0.481 e. The van der Waals surface area contributed by atoms with Crippen molar-refractivity contribution in [3.63, 3.8) is 0 Å². The normalized spacial score (nSPS) is 25.0. The molecule has 134 valence electrons. The van der Waals surface area contributed by atoms with Gasteiger partial charge in [-0.2, -0.15) is 4.98 Å². The lowest BCUT2D eigenvalue weighted by Gasteiger charge is -2.18. The highest BCUT2D eigenvalue weighted by Gasteiger charge is 2.39. The highest BCUT2D eigenvalue weighted by atomic mass is 16.5. The van der Waals surface area contributed by atoms with E-state index >= 15 is 0 Å². The second-order valence-corrected chi connectivity index (χ2v) is 7.67. The van der Waals surface area contributed by atoms with Crippen LogP contribution in [-0.2, 0) is 11.2 Å². The zero-order chi connectivity index (χ0) is 17.8. The Bertz CT molecular complexity index is 1000. The molecule has 0 radical (unpaired) electrons. The molecule has 2 aromatic heterocycles. The largest absolute Gasteiger partial charge is 0.481 e. The number of carbonyl (C=O) groups is 1. The van der Waals surface area contributed by atoms with Crippen LogP contribution >= 0.6 is 0 Å². The van der Waals surface area contributed by atoms with E-state index in [-0.39, 0.29) is 5.92 Å². The Labute approximate surface area is 150 Å². The number of aliphatic carboxylic acids is 1. The maximum Gasteiger partial charge on any atom is 0.306 e. The topological polar surface area (TPSA) is 92.0 Å². The molecule has 0 amide bonds. The number of nitrogens with one attached hydrogen (secondary N) is 1. The van der Waals surface area contributed by atoms with Crippen LogP contribution in [0.1, 0.15) is 48.7 Å². The zero-order valence-electron chi connectivity index (χ0n) is 14.7. The quantitative estimate of drug-likeness (QED) is 0.742. The summed E-state index contributed by atoms with van der Waals surface area (Å²) in [6.45, 7) is 1.79. The number of carboxylic acid groups (broad SMARTS) is 1. The van der Waals surface area contributed by atoms with Crippen molar-refractivity contribution in [3.8, 4) is 11.4 Å². The van der Waals surface area contributed by atoms with Crippen molar-refractivity contribution in [1.29, 1.82) is 0 Å². The Kier molecular flexibility index (Phi) is 3.42. The number of fused-ring (bicyclic) bond motifs is 3. The number of nitrogens with zero attached hydrogens (tertiary/aromatic N) is 2. The number of H-pyrrole nitrogens is 1. The van der Waals surface area contributed by atoms with Crippen molar-refractivity contribution < 1.29 is 14.4 Å². The summed E-state index contributed by atoms with van der Waals surface area (Å²) < 4.78 is 5.10. The molecule has 0 bridgehead atoms. The average molecular weight is 351 g/mol. The van der Waals surface area contributed by atoms with Crippen molar-refractivity contribution in [3.05, 3.63) is 35.3 Å². The first-order valence-corrected chi connectivity index (χ1v) is 9.28. The second-order valence-electron chi connectivity index (χ2n) is 7.67. The van der Waals surface area contributed by atoms with Gasteiger partial charge in [-0.05, 0) is 61.8 Å². The average Bonchev–Trinajstić information content (AvgIpc) is 3.37. The maximum absolute atomic E-state index is 11.3. The minimum absolute atomic E-state index is 0.165. The number of carboxylic acids is 1. The molecule has 0 saturated heterocycles. The first-order chi connectivity index (χ1) is 12.6. The fourth-order valence-corrected chi connectivity index (χ4v) is 4.93. The first kappa shape index (κ1) is 15.6. The number of hydrogen-bond donors (Lipinski definition) is 2. The summed E-state index contributed by atoms with van der Waals surface area (Å²) in [6, 6.07) is 6.25. The molecule has 2 aliphatic rings. The van der Waals surface area contributed by atoms with Crippen molar-refractivity contribution in [2.24, 2.45) is 11.8 Å². The van der Waals surface area contributed by atoms with Gasteiger partial charge in [0.15, 0.2) is 0 Å². The molecule has 1 aromatic carbocycles. The Hall–Kier alpha value is -2.63. The molecule has 0 aliphatic heterocycles. The van der Waals surface area contributed by atoms with Gasteiger partial charge in [-0.3, -0.25) is 4.79 Å². The van der Waals surface area contributed by atoms with E-state index < -0.39 is 5.97 Å². The standard InChI is InChI=1S/C20H21N3O3/c1-10-21-19(23-26-10)12-4-7-17-16(9-12)15-6-5-14(18(15)22-17)11-2-3-13(8-11)20(24)25/h4,7,9,11,13-14,22H,2-3,5-6,8H2,1H3,(H,24,25). The molecule has 6 heteroatoms. The highest BCUT2D eigenvalue weighted by Crippen LogP contribution is 2.48. The molecular weight excluding hydrogens is 330 g/mol. The summed E-state index contributed by atoms with van der Waals surface area (Å²) in [4.78, 5) is 19.2. The number of benzene rings is 1. The van der Waals surface area contributed by atoms with Crippen molar-refractivity contribution >= 4 is 16.9 Å². The van der Waals surface area contributed by atoms with Crippen LogP contribution in [0.15, 0.2) is 22.7 Å². The molecule has 3 unspecified atom stereocenters. The van der Waals surface area contributed by atoms with Crippen LogP contribution in [0.25, 0.3) is 22.3 Å². The van der Waals surface area contributed by atoms with E-state index in [9.17, 15) is 9.90 Å². The Balaban J connectivity index is 1.49. The van der Waals surface area contributed by atoms with Gasteiger partial charge in [-0.25, -0.2) is 0 Å². The number of aryl methyl sites for hydroxylation is 2. The van der Waals surface area contributed by atoms with Gasteiger partial charge in [-0.1, -0.05) is 5.16 Å². The maximum atomic E-state index is 11.3. The summed E-state index contributed by atoms with van der Waals surface area (Å²) in [5, 5.41) is 14.5. The van der Waals surface area contributed by atoms with Crippen molar-refractivity contribution in [1.82, 2.24) is 15.1 Å². The fourth-order valence-electron chi connectivity index (χ4n) is 4.93. The third-order valence-electron chi connectivity index (χ3n) is 6.19. The summed E-state index contributed by atoms with van der Waals surface area (Å²) in [5.74, 6) is 1.31. The predicted octanol–water partition coefficient (Wildman–Crippen LogP) is 4.06. The van der Waals surface area contributed by atoms with Crippen molar-refractivity contribution in [2.45, 2.75) is 44.9 Å². The van der Waals surface area contributed by atoms with Gasteiger partial charge >= 0.3 is 5.97 Å². The van der Waals surface area contributed by atoms with E-state index in [1.54, 1.807) is 6.92 Å². The second kappa shape index (κ2) is 5.69. The molecule has 5 rings (SSSR count). The van der Waals surface area contributed by atoms with Crippen LogP contribution < -0.4 is 0 Å². The van der Waals surface area contributed by atoms with Gasteiger partial charge < -0.3 is 14.6 Å². The molecule has 2 heterocycles. The van der Waals surface area contributed by atoms with Crippen LogP contribution in [0.5, 0.6) is 0 Å². The fraction of sp³-hybridized carbons (Fsp3) is 0.450. The SMILES string of the molecule is Cc1nc(-c2ccc3[nH]c4c(c3c2)CCC4C2CCC(C(=O)O)C2)no1. The van der Waals surface area contributed by atoms with Crippen LogP contribution in [0.3, 0.4) is 0 Å². The Morgan fingerprint density at radius 3 is 2.92 bits per heavy atom. The van der Waals surface area contributed by atoms with Gasteiger partial charge in [0.25, 0.3) is 0 Å². The number of aromatic amines is 1. The van der Waals surface area contributed by atoms with Gasteiger partial charge in [0.05, 0.1) is 5.92 Å². The third-order valence-corrected chi connectivity index (χ3v) is 6.19. The van der Waals surface area contributed by atoms with Crippen LogP contribution in [0.2, 0.25) is 0 Å². The van der Waals surface area contributed by atoms with E-state index in [0.29, 0.717) is 23.6 Å². The van der Waals surface area contributed by atoms with Gasteiger partial charge in [0.2, 0.25) is 11.7 Å². The molecule has 0 spiro atoms. The number of rotatable bonds is 3. The molecule has 3 aromatic rings. The molecule has 6 nitrogen and oxygen atoms in total. The Morgan fingerprint density at radius 1 is 1.31 bits per heavy atom. The van der Waals surface area contributed by atoms with E-state index in [1.165, 1.54) is 16.6 Å². The highest BCUT2D eigenvalue weighted by molar-refractivity contribution is 5.89. The van der Waals surface area contributed by atoms with E-state index in [1.807, 2.05) is 6.07 Å². The molecule has 3 atom stereocenters. The van der Waals surface area contributed by atoms with E-state index in [4.69, 9.17) is 4.52 Å². The predicted molar refractivity (Wildman–Crippen MR) is 95.9 cm³/mol. The van der Waals surface area contributed by atoms with Crippen LogP contribution in [0.4, 0.5) is 0 Å². The van der Waals surface area contributed by atoms with E-state index in [2.05, 4.69) is 27.3 Å². The summed E-state index contributed by atoms with van der Waals surface area (Å²) in [7, 11) is 0. The molecule has 2 aliphatic carbocycles. The molecule has 1 fully saturated rings. The molecule has 2 N–H and O–H groups in total. The lowest BCUT2D eigenvalue weighted by molar-refractivity contribution is -0.141. The molecular formula is C20H21N3O3. The monoisotopic (exact) mass is 351 g/mol. The van der Waals surface area contributed by atoms with Crippen molar-refractivity contribution in [2.75, 3.05) is 0 Å².